The molecule has 0 atom stereocenters. The van der Waals surface area contributed by atoms with E-state index in [2.05, 4.69) is 82.6 Å². The molecule has 4 heteroatoms. The Morgan fingerprint density at radius 2 is 1.17 bits per heavy atom. The topological polar surface area (TPSA) is 50.4 Å². The van der Waals surface area contributed by atoms with E-state index in [9.17, 15) is 0 Å². The first-order chi connectivity index (χ1) is 14.2. The second-order valence-corrected chi connectivity index (χ2v) is 7.05. The first-order valence-electron chi connectivity index (χ1n) is 9.60. The lowest BCUT2D eigenvalue weighted by atomic mass is 9.77. The van der Waals surface area contributed by atoms with Crippen LogP contribution in [0.25, 0.3) is 0 Å². The number of oxime groups is 1. The number of hydrogen-bond donors (Lipinski definition) is 1. The zero-order valence-electron chi connectivity index (χ0n) is 16.5. The molecule has 0 saturated carbocycles. The quantitative estimate of drug-likeness (QED) is 0.225. The van der Waals surface area contributed by atoms with E-state index in [4.69, 9.17) is 10.3 Å². The van der Waals surface area contributed by atoms with Gasteiger partial charge in [-0.3, -0.25) is 0 Å². The molecule has 0 aliphatic heterocycles. The summed E-state index contributed by atoms with van der Waals surface area (Å²) in [6, 6.07) is 31.2. The average molecular weight is 381 g/mol. The third-order valence-electron chi connectivity index (χ3n) is 5.43. The van der Waals surface area contributed by atoms with E-state index in [-0.39, 0.29) is 0 Å². The fourth-order valence-corrected chi connectivity index (χ4v) is 4.13. The Labute approximate surface area is 170 Å². The molecule has 1 heterocycles. The Morgan fingerprint density at radius 3 is 1.55 bits per heavy atom. The maximum absolute atomic E-state index is 9.16. The van der Waals surface area contributed by atoms with Gasteiger partial charge in [-0.05, 0) is 30.5 Å². The van der Waals surface area contributed by atoms with Gasteiger partial charge < -0.3 is 5.21 Å². The Bertz CT molecular complexity index is 1020. The van der Waals surface area contributed by atoms with Crippen LogP contribution in [0, 0.1) is 13.8 Å². The summed E-state index contributed by atoms with van der Waals surface area (Å²) in [5.41, 5.74) is 5.21. The summed E-state index contributed by atoms with van der Waals surface area (Å²) in [6.45, 7) is 3.95. The summed E-state index contributed by atoms with van der Waals surface area (Å²) in [4.78, 5) is 0. The second kappa shape index (κ2) is 7.76. The van der Waals surface area contributed by atoms with Crippen molar-refractivity contribution >= 4 is 6.21 Å². The monoisotopic (exact) mass is 381 g/mol. The number of nitrogens with zero attached hydrogens (tertiary/aromatic N) is 3. The molecule has 1 N–H and O–H groups in total. The molecule has 0 spiro atoms. The first-order valence-corrected chi connectivity index (χ1v) is 9.60. The molecule has 0 fully saturated rings. The van der Waals surface area contributed by atoms with Gasteiger partial charge in [0.25, 0.3) is 0 Å². The van der Waals surface area contributed by atoms with Crippen molar-refractivity contribution in [1.29, 1.82) is 0 Å². The normalized spacial score (nSPS) is 11.8. The van der Waals surface area contributed by atoms with Crippen LogP contribution in [0.1, 0.15) is 33.6 Å². The van der Waals surface area contributed by atoms with E-state index in [1.54, 1.807) is 0 Å². The summed E-state index contributed by atoms with van der Waals surface area (Å²) in [5.74, 6) is 0. The highest BCUT2D eigenvalue weighted by atomic mass is 16.4. The van der Waals surface area contributed by atoms with Gasteiger partial charge in [-0.1, -0.05) is 96.2 Å². The molecule has 29 heavy (non-hydrogen) atoms. The largest absolute Gasteiger partial charge is 0.411 e. The average Bonchev–Trinajstić information content (AvgIpc) is 3.06. The lowest BCUT2D eigenvalue weighted by Crippen LogP contribution is -2.39. The van der Waals surface area contributed by atoms with Crippen LogP contribution in [0.3, 0.4) is 0 Å². The summed E-state index contributed by atoms with van der Waals surface area (Å²) < 4.78 is 2.05. The number of hydrogen-bond acceptors (Lipinski definition) is 3. The van der Waals surface area contributed by atoms with Gasteiger partial charge in [0, 0.05) is 11.3 Å². The molecule has 1 aromatic heterocycles. The Morgan fingerprint density at radius 1 is 0.759 bits per heavy atom. The predicted molar refractivity (Wildman–Crippen MR) is 116 cm³/mol. The maximum Gasteiger partial charge on any atom is 0.138 e. The molecule has 4 nitrogen and oxygen atoms in total. The fraction of sp³-hybridized carbons (Fsp3) is 0.120. The standard InChI is InChI=1S/C25H23N3O/c1-19-24(18-26-29)20(2)28(27-19)25(21-12-6-3-7-13-21,22-14-8-4-9-15-22)23-16-10-5-11-17-23/h3-18,29H,1-2H3/b26-18-. The van der Waals surface area contributed by atoms with Crippen molar-refractivity contribution in [3.63, 3.8) is 0 Å². The highest BCUT2D eigenvalue weighted by Gasteiger charge is 2.40. The van der Waals surface area contributed by atoms with E-state index in [1.165, 1.54) is 6.21 Å². The van der Waals surface area contributed by atoms with Crippen LogP contribution in [0.4, 0.5) is 0 Å². The molecule has 0 unspecified atom stereocenters. The predicted octanol–water partition coefficient (Wildman–Crippen LogP) is 5.15. The summed E-state index contributed by atoms with van der Waals surface area (Å²) >= 11 is 0. The maximum atomic E-state index is 9.16. The van der Waals surface area contributed by atoms with E-state index in [1.807, 2.05) is 32.0 Å². The molecule has 4 rings (SSSR count). The van der Waals surface area contributed by atoms with Gasteiger partial charge in [0.15, 0.2) is 0 Å². The molecule has 0 aliphatic rings. The number of aryl methyl sites for hydroxylation is 1. The minimum absolute atomic E-state index is 0.666. The number of rotatable bonds is 5. The molecule has 4 aromatic rings. The van der Waals surface area contributed by atoms with Crippen LogP contribution >= 0.6 is 0 Å². The summed E-state index contributed by atoms with van der Waals surface area (Å²) in [5, 5.41) is 17.4. The highest BCUT2D eigenvalue weighted by Crippen LogP contribution is 2.41. The number of benzene rings is 3. The summed E-state index contributed by atoms with van der Waals surface area (Å²) in [6.07, 6.45) is 1.46. The van der Waals surface area contributed by atoms with Crippen molar-refractivity contribution in [2.75, 3.05) is 0 Å². The van der Waals surface area contributed by atoms with Crippen LogP contribution < -0.4 is 0 Å². The van der Waals surface area contributed by atoms with Gasteiger partial charge in [0.1, 0.15) is 5.54 Å². The summed E-state index contributed by atoms with van der Waals surface area (Å²) in [7, 11) is 0. The Balaban J connectivity index is 2.17. The van der Waals surface area contributed by atoms with E-state index >= 15 is 0 Å². The zero-order valence-corrected chi connectivity index (χ0v) is 16.5. The molecule has 0 radical (unpaired) electrons. The fourth-order valence-electron chi connectivity index (χ4n) is 4.13. The SMILES string of the molecule is Cc1nn(C(c2ccccc2)(c2ccccc2)c2ccccc2)c(C)c1/C=N\O. The van der Waals surface area contributed by atoms with Gasteiger partial charge in [0.2, 0.25) is 0 Å². The Kier molecular flexibility index (Phi) is 5.00. The minimum atomic E-state index is -0.666. The third-order valence-corrected chi connectivity index (χ3v) is 5.43. The van der Waals surface area contributed by atoms with Crippen LogP contribution in [0.15, 0.2) is 96.2 Å². The number of aromatic nitrogens is 2. The molecule has 0 amide bonds. The minimum Gasteiger partial charge on any atom is -0.411 e. The van der Waals surface area contributed by atoms with E-state index < -0.39 is 5.54 Å². The smallest absolute Gasteiger partial charge is 0.138 e. The van der Waals surface area contributed by atoms with Crippen molar-refractivity contribution in [3.05, 3.63) is 125 Å². The molecule has 0 aliphatic carbocycles. The van der Waals surface area contributed by atoms with Gasteiger partial charge in [-0.2, -0.15) is 5.10 Å². The van der Waals surface area contributed by atoms with Crippen molar-refractivity contribution in [1.82, 2.24) is 9.78 Å². The van der Waals surface area contributed by atoms with Crippen molar-refractivity contribution in [2.24, 2.45) is 5.16 Å². The molecule has 0 bridgehead atoms. The Hall–Kier alpha value is -3.66. The highest BCUT2D eigenvalue weighted by molar-refractivity contribution is 5.82. The van der Waals surface area contributed by atoms with Gasteiger partial charge in [-0.25, -0.2) is 4.68 Å². The second-order valence-electron chi connectivity index (χ2n) is 7.05. The van der Waals surface area contributed by atoms with Crippen LogP contribution in [0.2, 0.25) is 0 Å². The molecular formula is C25H23N3O. The molecule has 0 saturated heterocycles. The van der Waals surface area contributed by atoms with Gasteiger partial charge in [-0.15, -0.1) is 0 Å². The van der Waals surface area contributed by atoms with Crippen LogP contribution in [0.5, 0.6) is 0 Å². The third kappa shape index (κ3) is 3.03. The van der Waals surface area contributed by atoms with Crippen LogP contribution in [-0.2, 0) is 5.54 Å². The molecular weight excluding hydrogens is 358 g/mol. The van der Waals surface area contributed by atoms with E-state index in [0.717, 1.165) is 33.6 Å². The van der Waals surface area contributed by atoms with Crippen molar-refractivity contribution < 1.29 is 5.21 Å². The van der Waals surface area contributed by atoms with Gasteiger partial charge in [0.05, 0.1) is 11.9 Å². The van der Waals surface area contributed by atoms with Crippen molar-refractivity contribution in [3.8, 4) is 0 Å². The van der Waals surface area contributed by atoms with Crippen molar-refractivity contribution in [2.45, 2.75) is 19.4 Å². The van der Waals surface area contributed by atoms with Crippen LogP contribution in [-0.4, -0.2) is 21.2 Å². The molecule has 144 valence electrons. The van der Waals surface area contributed by atoms with Gasteiger partial charge >= 0.3 is 0 Å². The lowest BCUT2D eigenvalue weighted by Gasteiger charge is -2.37. The molecule has 3 aromatic carbocycles. The van der Waals surface area contributed by atoms with E-state index in [0.29, 0.717) is 0 Å². The zero-order chi connectivity index (χ0) is 20.3. The first kappa shape index (κ1) is 18.7. The lowest BCUT2D eigenvalue weighted by molar-refractivity contribution is 0.322.